The van der Waals surface area contributed by atoms with Gasteiger partial charge in [-0.3, -0.25) is 4.79 Å². The molecule has 108 valence electrons. The molecule has 1 atom stereocenters. The fraction of sp³-hybridized carbons (Fsp3) is 0.846. The zero-order chi connectivity index (χ0) is 14.0. The average Bonchev–Trinajstić information content (AvgIpc) is 3.09. The summed E-state index contributed by atoms with van der Waals surface area (Å²) in [4.78, 5) is 28.6. The predicted molar refractivity (Wildman–Crippen MR) is 71.0 cm³/mol. The van der Waals surface area contributed by atoms with E-state index in [2.05, 4.69) is 11.9 Å². The molecule has 0 radical (unpaired) electrons. The molecule has 1 unspecified atom stereocenters. The molecule has 0 bridgehead atoms. The predicted octanol–water partition coefficient (Wildman–Crippen LogP) is 0.539. The fourth-order valence-electron chi connectivity index (χ4n) is 2.74. The van der Waals surface area contributed by atoms with Gasteiger partial charge in [0.25, 0.3) is 0 Å². The maximum Gasteiger partial charge on any atom is 0.323 e. The molecule has 1 aliphatic heterocycles. The molecule has 2 aliphatic rings. The summed E-state index contributed by atoms with van der Waals surface area (Å²) in [6.45, 7) is 2.62. The third-order valence-corrected chi connectivity index (χ3v) is 3.89. The first kappa shape index (κ1) is 14.1. The smallest absolute Gasteiger partial charge is 0.323 e. The summed E-state index contributed by atoms with van der Waals surface area (Å²) < 4.78 is 0. The Morgan fingerprint density at radius 3 is 2.47 bits per heavy atom. The lowest BCUT2D eigenvalue weighted by Crippen LogP contribution is -2.46. The van der Waals surface area contributed by atoms with Crippen LogP contribution in [0, 0.1) is 5.92 Å². The normalized spacial score (nSPS) is 23.4. The molecule has 1 saturated carbocycles. The minimum atomic E-state index is -0.936. The van der Waals surface area contributed by atoms with Gasteiger partial charge in [0.2, 0.25) is 0 Å². The molecule has 0 aromatic rings. The summed E-state index contributed by atoms with van der Waals surface area (Å²) in [6, 6.07) is -0.00300. The van der Waals surface area contributed by atoms with Crippen molar-refractivity contribution in [3.63, 3.8) is 0 Å². The van der Waals surface area contributed by atoms with E-state index in [1.54, 1.807) is 11.9 Å². The highest BCUT2D eigenvalue weighted by Gasteiger charge is 2.36. The number of aliphatic carboxylic acids is 1. The second kappa shape index (κ2) is 5.77. The van der Waals surface area contributed by atoms with E-state index in [1.807, 2.05) is 0 Å². The monoisotopic (exact) mass is 269 g/mol. The minimum Gasteiger partial charge on any atom is -0.480 e. The van der Waals surface area contributed by atoms with Crippen molar-refractivity contribution in [2.24, 2.45) is 5.92 Å². The number of nitrogens with zero attached hydrogens (tertiary/aromatic N) is 3. The first-order valence-corrected chi connectivity index (χ1v) is 6.89. The zero-order valence-electron chi connectivity index (χ0n) is 11.7. The second-order valence-corrected chi connectivity index (χ2v) is 5.83. The van der Waals surface area contributed by atoms with Gasteiger partial charge in [-0.2, -0.15) is 0 Å². The van der Waals surface area contributed by atoms with Crippen LogP contribution in [-0.2, 0) is 4.79 Å². The van der Waals surface area contributed by atoms with E-state index in [1.165, 1.54) is 4.90 Å². The molecular formula is C13H23N3O3. The van der Waals surface area contributed by atoms with Crippen LogP contribution >= 0.6 is 0 Å². The van der Waals surface area contributed by atoms with Gasteiger partial charge in [-0.25, -0.2) is 4.79 Å². The zero-order valence-corrected chi connectivity index (χ0v) is 11.7. The molecule has 2 rings (SSSR count). The maximum absolute atomic E-state index is 12.3. The molecule has 0 aromatic heterocycles. The molecule has 0 aromatic carbocycles. The largest absolute Gasteiger partial charge is 0.480 e. The topological polar surface area (TPSA) is 64.1 Å². The summed E-state index contributed by atoms with van der Waals surface area (Å²) in [5.41, 5.74) is 0. The molecule has 1 aliphatic carbocycles. The van der Waals surface area contributed by atoms with Gasteiger partial charge in [0.1, 0.15) is 6.54 Å². The third kappa shape index (κ3) is 3.83. The molecule has 1 saturated heterocycles. The third-order valence-electron chi connectivity index (χ3n) is 3.89. The number of carbonyl (C=O) groups is 2. The van der Waals surface area contributed by atoms with Crippen LogP contribution in [0.1, 0.15) is 19.3 Å². The second-order valence-electron chi connectivity index (χ2n) is 5.83. The van der Waals surface area contributed by atoms with Gasteiger partial charge in [-0.15, -0.1) is 0 Å². The fourth-order valence-corrected chi connectivity index (χ4v) is 2.74. The number of amides is 2. The van der Waals surface area contributed by atoms with E-state index in [-0.39, 0.29) is 18.6 Å². The van der Waals surface area contributed by atoms with E-state index < -0.39 is 5.97 Å². The summed E-state index contributed by atoms with van der Waals surface area (Å²) in [5.74, 6) is -0.431. The first-order chi connectivity index (χ1) is 8.97. The van der Waals surface area contributed by atoms with Gasteiger partial charge >= 0.3 is 12.0 Å². The van der Waals surface area contributed by atoms with Crippen molar-refractivity contribution >= 4 is 12.0 Å². The van der Waals surface area contributed by atoms with Crippen LogP contribution < -0.4 is 0 Å². The highest BCUT2D eigenvalue weighted by Crippen LogP contribution is 2.27. The lowest BCUT2D eigenvalue weighted by atomic mass is 10.1. The van der Waals surface area contributed by atoms with Crippen molar-refractivity contribution in [3.8, 4) is 0 Å². The average molecular weight is 269 g/mol. The minimum absolute atomic E-state index is 0.136. The molecule has 0 spiro atoms. The van der Waals surface area contributed by atoms with Crippen molar-refractivity contribution < 1.29 is 14.7 Å². The van der Waals surface area contributed by atoms with Gasteiger partial charge in [0, 0.05) is 26.2 Å². The van der Waals surface area contributed by atoms with Gasteiger partial charge in [0.15, 0.2) is 0 Å². The number of likely N-dealkylation sites (tertiary alicyclic amines) is 1. The van der Waals surface area contributed by atoms with Crippen LogP contribution in [0.4, 0.5) is 4.79 Å². The number of carboxylic acids is 1. The lowest BCUT2D eigenvalue weighted by molar-refractivity contribution is -0.137. The number of hydrogen-bond acceptors (Lipinski definition) is 3. The molecular weight excluding hydrogens is 246 g/mol. The van der Waals surface area contributed by atoms with Crippen LogP contribution in [0.15, 0.2) is 0 Å². The van der Waals surface area contributed by atoms with Crippen molar-refractivity contribution in [2.75, 3.05) is 40.3 Å². The standard InChI is InChI=1S/C13H23N3O3/c1-14-6-5-10(7-14)8-15(2)13(19)16(9-12(17)18)11-3-4-11/h10-11H,3-9H2,1-2H3,(H,17,18). The summed E-state index contributed by atoms with van der Waals surface area (Å²) in [7, 11) is 3.86. The molecule has 2 amide bonds. The number of urea groups is 1. The summed E-state index contributed by atoms with van der Waals surface area (Å²) in [6.07, 6.45) is 2.97. The highest BCUT2D eigenvalue weighted by atomic mass is 16.4. The van der Waals surface area contributed by atoms with Crippen molar-refractivity contribution in [2.45, 2.75) is 25.3 Å². The Bertz CT molecular complexity index is 357. The molecule has 6 nitrogen and oxygen atoms in total. The van der Waals surface area contributed by atoms with Gasteiger partial charge in [0.05, 0.1) is 0 Å². The first-order valence-electron chi connectivity index (χ1n) is 6.89. The SMILES string of the molecule is CN1CCC(CN(C)C(=O)N(CC(=O)O)C2CC2)C1. The number of rotatable bonds is 5. The quantitative estimate of drug-likeness (QED) is 0.791. The van der Waals surface area contributed by atoms with E-state index >= 15 is 0 Å². The lowest BCUT2D eigenvalue weighted by Gasteiger charge is -2.28. The van der Waals surface area contributed by atoms with Crippen LogP contribution in [0.25, 0.3) is 0 Å². The molecule has 2 fully saturated rings. The van der Waals surface area contributed by atoms with Gasteiger partial charge in [-0.05, 0) is 38.8 Å². The Kier molecular flexibility index (Phi) is 4.29. The van der Waals surface area contributed by atoms with Gasteiger partial charge < -0.3 is 19.8 Å². The number of carboxylic acid groups (broad SMARTS) is 1. The molecule has 6 heteroatoms. The van der Waals surface area contributed by atoms with Crippen LogP contribution in [0.5, 0.6) is 0 Å². The Balaban J connectivity index is 1.87. The van der Waals surface area contributed by atoms with Crippen molar-refractivity contribution in [1.29, 1.82) is 0 Å². The van der Waals surface area contributed by atoms with Gasteiger partial charge in [-0.1, -0.05) is 0 Å². The molecule has 1 N–H and O–H groups in total. The molecule has 1 heterocycles. The number of hydrogen-bond donors (Lipinski definition) is 1. The van der Waals surface area contributed by atoms with Crippen LogP contribution in [-0.4, -0.2) is 78.1 Å². The summed E-state index contributed by atoms with van der Waals surface area (Å²) >= 11 is 0. The Morgan fingerprint density at radius 2 is 2.00 bits per heavy atom. The van der Waals surface area contributed by atoms with Crippen LogP contribution in [0.3, 0.4) is 0 Å². The van der Waals surface area contributed by atoms with E-state index in [0.29, 0.717) is 12.5 Å². The Hall–Kier alpha value is -1.30. The van der Waals surface area contributed by atoms with Crippen molar-refractivity contribution in [3.05, 3.63) is 0 Å². The highest BCUT2D eigenvalue weighted by molar-refractivity contribution is 5.80. The van der Waals surface area contributed by atoms with Crippen LogP contribution in [0.2, 0.25) is 0 Å². The Labute approximate surface area is 114 Å². The Morgan fingerprint density at radius 1 is 1.32 bits per heavy atom. The summed E-state index contributed by atoms with van der Waals surface area (Å²) in [5, 5.41) is 8.89. The van der Waals surface area contributed by atoms with E-state index in [9.17, 15) is 9.59 Å². The number of carbonyl (C=O) groups excluding carboxylic acids is 1. The maximum atomic E-state index is 12.3. The van der Waals surface area contributed by atoms with Crippen molar-refractivity contribution in [1.82, 2.24) is 14.7 Å². The van der Waals surface area contributed by atoms with E-state index in [4.69, 9.17) is 5.11 Å². The van der Waals surface area contributed by atoms with E-state index in [0.717, 1.165) is 32.4 Å². The molecule has 19 heavy (non-hydrogen) atoms.